The van der Waals surface area contributed by atoms with Crippen LogP contribution in [0.4, 0.5) is 58.0 Å². The lowest BCUT2D eigenvalue weighted by Crippen LogP contribution is -2.43. The second-order valence-electron chi connectivity index (χ2n) is 15.3. The van der Waals surface area contributed by atoms with Crippen molar-refractivity contribution in [2.24, 2.45) is 22.9 Å². The van der Waals surface area contributed by atoms with Gasteiger partial charge in [-0.15, -0.1) is 0 Å². The van der Waals surface area contributed by atoms with E-state index in [1.54, 1.807) is 17.9 Å². The number of carbonyl (C=O) groups is 2. The minimum atomic E-state index is -0.942. The summed E-state index contributed by atoms with van der Waals surface area (Å²) in [7, 11) is 0. The molecule has 0 unspecified atom stereocenters. The summed E-state index contributed by atoms with van der Waals surface area (Å²) >= 11 is 0. The van der Waals surface area contributed by atoms with Crippen molar-refractivity contribution in [3.8, 4) is 0 Å². The Kier molecular flexibility index (Phi) is 15.3. The number of hydrogen-bond acceptors (Lipinski definition) is 13. The second-order valence-corrected chi connectivity index (χ2v) is 15.3. The van der Waals surface area contributed by atoms with Crippen LogP contribution in [0.3, 0.4) is 0 Å². The van der Waals surface area contributed by atoms with Gasteiger partial charge >= 0.3 is 0 Å². The zero-order chi connectivity index (χ0) is 45.2. The van der Waals surface area contributed by atoms with E-state index in [-0.39, 0.29) is 58.0 Å². The predicted molar refractivity (Wildman–Crippen MR) is 235 cm³/mol. The number of amides is 2. The van der Waals surface area contributed by atoms with E-state index in [0.29, 0.717) is 31.9 Å². The van der Waals surface area contributed by atoms with Crippen molar-refractivity contribution >= 4 is 52.3 Å². The number of ether oxygens (including phenoxy) is 1. The predicted octanol–water partition coefficient (Wildman–Crippen LogP) is 6.38. The molecule has 0 bridgehead atoms. The molecule has 3 aromatic heterocycles. The Bertz CT molecular complexity index is 2400. The van der Waals surface area contributed by atoms with Crippen LogP contribution < -0.4 is 49.1 Å². The fourth-order valence-electron chi connectivity index (χ4n) is 7.28. The van der Waals surface area contributed by atoms with Gasteiger partial charge in [-0.05, 0) is 73.7 Å². The quantitative estimate of drug-likeness (QED) is 0.0566. The van der Waals surface area contributed by atoms with Crippen LogP contribution in [0.25, 0.3) is 0 Å². The topological polar surface area (TPSA) is 237 Å². The fourth-order valence-corrected chi connectivity index (χ4v) is 7.28. The van der Waals surface area contributed by atoms with Crippen molar-refractivity contribution in [1.82, 2.24) is 15.0 Å². The molecule has 2 fully saturated rings. The molecule has 19 heteroatoms. The molecule has 5 aromatic rings. The number of benzene rings is 2. The Morgan fingerprint density at radius 1 is 0.810 bits per heavy atom. The number of carbonyl (C=O) groups excluding carboxylic acids is 2. The molecule has 0 radical (unpaired) electrons. The third-order valence-electron chi connectivity index (χ3n) is 10.6. The molecule has 1 saturated heterocycles. The van der Waals surface area contributed by atoms with Gasteiger partial charge in [0.1, 0.15) is 17.5 Å². The number of morpholine rings is 1. The molecule has 12 N–H and O–H groups in total. The lowest BCUT2D eigenvalue weighted by Gasteiger charge is -2.30. The number of hydrogen-bond donors (Lipinski definition) is 8. The van der Waals surface area contributed by atoms with E-state index >= 15 is 0 Å². The molecule has 2 aliphatic rings. The van der Waals surface area contributed by atoms with Crippen molar-refractivity contribution in [1.29, 1.82) is 0 Å². The Morgan fingerprint density at radius 2 is 1.44 bits per heavy atom. The zero-order valence-electron chi connectivity index (χ0n) is 34.9. The molecule has 1 saturated carbocycles. The largest absolute Gasteiger partial charge is 0.378 e. The molecule has 4 atom stereocenters. The van der Waals surface area contributed by atoms with E-state index in [9.17, 15) is 27.2 Å². The fraction of sp³-hybridized carbons (Fsp3) is 0.341. The van der Waals surface area contributed by atoms with E-state index in [1.165, 1.54) is 30.5 Å². The molecule has 0 spiro atoms. The molecular weight excluding hydrogens is 821 g/mol. The van der Waals surface area contributed by atoms with Gasteiger partial charge in [0, 0.05) is 43.0 Å². The lowest BCUT2D eigenvalue weighted by molar-refractivity contribution is 0.0992. The van der Waals surface area contributed by atoms with Gasteiger partial charge in [-0.1, -0.05) is 44.0 Å². The summed E-state index contributed by atoms with van der Waals surface area (Å²) in [5.74, 6) is -4.14. The Balaban J connectivity index is 0.000000219. The monoisotopic (exact) mass is 872 g/mol. The van der Waals surface area contributed by atoms with Crippen LogP contribution in [0.5, 0.6) is 0 Å². The summed E-state index contributed by atoms with van der Waals surface area (Å²) in [5.41, 5.74) is 25.4. The number of nitrogens with zero attached hydrogens (tertiary/aromatic N) is 4. The second kappa shape index (κ2) is 21.0. The molecule has 1 aliphatic heterocycles. The number of halogens is 4. The Morgan fingerprint density at radius 3 is 2.06 bits per heavy atom. The van der Waals surface area contributed by atoms with Gasteiger partial charge in [0.2, 0.25) is 0 Å². The average molecular weight is 873 g/mol. The van der Waals surface area contributed by atoms with Crippen LogP contribution in [0.1, 0.15) is 77.4 Å². The smallest absolute Gasteiger partial charge is 0.252 e. The van der Waals surface area contributed by atoms with Crippen LogP contribution in [0.15, 0.2) is 72.9 Å². The van der Waals surface area contributed by atoms with Gasteiger partial charge in [-0.2, -0.15) is 0 Å². The van der Waals surface area contributed by atoms with Crippen LogP contribution in [0.2, 0.25) is 0 Å². The normalized spacial score (nSPS) is 17.1. The highest BCUT2D eigenvalue weighted by atomic mass is 19.1. The first-order chi connectivity index (χ1) is 30.2. The SMILES string of the molecule is CCc1cccc(Nc2nc(N[C@@H]3CCCC[C@@H]3N)c(F)cc2C(N)=O)c1.C[C@H](N)[C@H](Nc1nc(Nc2cnc(N3CCOCC3)c(F)c2)c(C(N)=O)cc1F)c1cccc(F)c1. The molecule has 15 nitrogen and oxygen atoms in total. The first-order valence-corrected chi connectivity index (χ1v) is 20.6. The maximum absolute atomic E-state index is 14.9. The molecular formula is C44H52F4N12O3. The highest BCUT2D eigenvalue weighted by Crippen LogP contribution is 2.30. The summed E-state index contributed by atoms with van der Waals surface area (Å²) in [6.45, 7) is 5.67. The average Bonchev–Trinajstić information content (AvgIpc) is 3.25. The highest BCUT2D eigenvalue weighted by molar-refractivity contribution is 5.99. The standard InChI is InChI=1S/C24H26F3N7O2.C20H26FN5O/c1-13(28)20(14-3-2-4-15(25)9-14)32-23-18(26)11-17(21(29)35)22(33-23)31-16-10-19(27)24(30-12-16)34-5-7-36-8-6-34;1-2-12-6-5-7-13(10-12)24-19-14(18(23)27)11-15(21)20(26-19)25-17-9-4-3-8-16(17)22/h2-4,9-13,20H,5-8,28H2,1H3,(H2,29,35)(H2,31,32,33);5-7,10-11,16-17H,2-4,8-9,22H2,1H3,(H2,23,27)(H2,24,25,26)/t13-,20-;16-,17+/m00/s1. The summed E-state index contributed by atoms with van der Waals surface area (Å²) in [6, 6.07) is 15.3. The molecule has 7 rings (SSSR count). The van der Waals surface area contributed by atoms with Gasteiger partial charge in [0.05, 0.1) is 42.3 Å². The number of nitrogens with one attached hydrogen (secondary N) is 4. The van der Waals surface area contributed by atoms with Crippen molar-refractivity contribution in [3.63, 3.8) is 0 Å². The zero-order valence-corrected chi connectivity index (χ0v) is 34.9. The Labute approximate surface area is 362 Å². The summed E-state index contributed by atoms with van der Waals surface area (Å²) in [5, 5.41) is 11.9. The van der Waals surface area contributed by atoms with Crippen LogP contribution in [-0.2, 0) is 11.2 Å². The summed E-state index contributed by atoms with van der Waals surface area (Å²) in [6.07, 6.45) is 6.13. The number of aryl methyl sites for hydroxylation is 1. The summed E-state index contributed by atoms with van der Waals surface area (Å²) < 4.78 is 63.3. The first-order valence-electron chi connectivity index (χ1n) is 20.6. The van der Waals surface area contributed by atoms with Crippen molar-refractivity contribution in [2.75, 3.05) is 52.5 Å². The number of primary amides is 2. The van der Waals surface area contributed by atoms with E-state index in [2.05, 4.69) is 43.1 Å². The Hall–Kier alpha value is -6.57. The number of pyridine rings is 3. The van der Waals surface area contributed by atoms with E-state index < -0.39 is 47.2 Å². The molecule has 334 valence electrons. The summed E-state index contributed by atoms with van der Waals surface area (Å²) in [4.78, 5) is 38.2. The maximum Gasteiger partial charge on any atom is 0.252 e. The third-order valence-corrected chi connectivity index (χ3v) is 10.6. The van der Waals surface area contributed by atoms with Crippen LogP contribution in [-0.4, -0.2) is 71.2 Å². The molecule has 2 amide bonds. The molecule has 4 heterocycles. The first kappa shape index (κ1) is 45.9. The van der Waals surface area contributed by atoms with Gasteiger partial charge in [-0.3, -0.25) is 9.59 Å². The van der Waals surface area contributed by atoms with Crippen LogP contribution in [0, 0.1) is 23.3 Å². The highest BCUT2D eigenvalue weighted by Gasteiger charge is 2.26. The van der Waals surface area contributed by atoms with Crippen molar-refractivity contribution in [3.05, 3.63) is 118 Å². The van der Waals surface area contributed by atoms with Crippen molar-refractivity contribution in [2.45, 2.75) is 70.1 Å². The van der Waals surface area contributed by atoms with Crippen LogP contribution >= 0.6 is 0 Å². The van der Waals surface area contributed by atoms with E-state index in [4.69, 9.17) is 27.7 Å². The van der Waals surface area contributed by atoms with Gasteiger partial charge in [-0.25, -0.2) is 32.5 Å². The van der Waals surface area contributed by atoms with Gasteiger partial charge < -0.3 is 53.8 Å². The molecule has 1 aliphatic carbocycles. The molecule has 2 aromatic carbocycles. The number of anilines is 7. The lowest BCUT2D eigenvalue weighted by atomic mass is 9.91. The van der Waals surface area contributed by atoms with E-state index in [1.807, 2.05) is 24.3 Å². The maximum atomic E-state index is 14.9. The third kappa shape index (κ3) is 11.9. The number of nitrogens with two attached hydrogens (primary N) is 4. The van der Waals surface area contributed by atoms with Gasteiger partial charge in [0.25, 0.3) is 11.8 Å². The minimum Gasteiger partial charge on any atom is -0.378 e. The van der Waals surface area contributed by atoms with Crippen molar-refractivity contribution < 1.29 is 31.9 Å². The number of aromatic nitrogens is 3. The molecule has 63 heavy (non-hydrogen) atoms. The number of rotatable bonds is 14. The minimum absolute atomic E-state index is 0.00731. The van der Waals surface area contributed by atoms with Gasteiger partial charge in [0.15, 0.2) is 34.9 Å². The van der Waals surface area contributed by atoms with E-state index in [0.717, 1.165) is 55.5 Å².